The lowest BCUT2D eigenvalue weighted by atomic mass is 10.1. The lowest BCUT2D eigenvalue weighted by molar-refractivity contribution is 0.974. The van der Waals surface area contributed by atoms with Gasteiger partial charge >= 0.3 is 0 Å². The van der Waals surface area contributed by atoms with Gasteiger partial charge in [0.15, 0.2) is 0 Å². The van der Waals surface area contributed by atoms with Crippen LogP contribution in [0, 0.1) is 0 Å². The summed E-state index contributed by atoms with van der Waals surface area (Å²) >= 11 is 3.40. The summed E-state index contributed by atoms with van der Waals surface area (Å²) in [4.78, 5) is 0. The molecular weight excluding hydrogens is 280 g/mol. The predicted molar refractivity (Wildman–Crippen MR) is 72.7 cm³/mol. The molecule has 0 aliphatic carbocycles. The summed E-state index contributed by atoms with van der Waals surface area (Å²) in [7, 11) is 0. The van der Waals surface area contributed by atoms with E-state index in [9.17, 15) is 0 Å². The van der Waals surface area contributed by atoms with Crippen molar-refractivity contribution < 1.29 is 0 Å². The summed E-state index contributed by atoms with van der Waals surface area (Å²) < 4.78 is 1.05. The van der Waals surface area contributed by atoms with E-state index in [1.165, 1.54) is 0 Å². The highest BCUT2D eigenvalue weighted by Crippen LogP contribution is 2.19. The van der Waals surface area contributed by atoms with E-state index in [0.717, 1.165) is 21.5 Å². The van der Waals surface area contributed by atoms with Crippen LogP contribution in [0.2, 0.25) is 0 Å². The number of anilines is 1. The van der Waals surface area contributed by atoms with E-state index in [1.54, 1.807) is 0 Å². The Bertz CT molecular complexity index is 467. The molecule has 0 amide bonds. The lowest BCUT2D eigenvalue weighted by Gasteiger charge is -2.04. The highest BCUT2D eigenvalue weighted by atomic mass is 79.9. The number of hydrogen-bond acceptors (Lipinski definition) is 4. The van der Waals surface area contributed by atoms with Crippen LogP contribution in [-0.4, -0.2) is 23.3 Å². The minimum atomic E-state index is 0.580. The van der Waals surface area contributed by atoms with E-state index in [-0.39, 0.29) is 0 Å². The third kappa shape index (κ3) is 3.25. The van der Waals surface area contributed by atoms with Gasteiger partial charge in [-0.25, -0.2) is 0 Å². The second kappa shape index (κ2) is 5.75. The molecule has 0 saturated carbocycles. The van der Waals surface area contributed by atoms with Crippen molar-refractivity contribution in [2.45, 2.75) is 0 Å². The average Bonchev–Trinajstić information content (AvgIpc) is 2.38. The quantitative estimate of drug-likeness (QED) is 0.907. The van der Waals surface area contributed by atoms with Gasteiger partial charge in [0.05, 0.1) is 5.69 Å². The molecule has 17 heavy (non-hydrogen) atoms. The van der Waals surface area contributed by atoms with Crippen molar-refractivity contribution >= 4 is 21.7 Å². The molecule has 0 aliphatic rings. The fourth-order valence-corrected chi connectivity index (χ4v) is 1.67. The van der Waals surface area contributed by atoms with Gasteiger partial charge in [-0.15, -0.1) is 10.2 Å². The van der Waals surface area contributed by atoms with Crippen LogP contribution in [0.25, 0.3) is 11.3 Å². The Kier molecular flexibility index (Phi) is 4.06. The minimum Gasteiger partial charge on any atom is -0.367 e. The Morgan fingerprint density at radius 3 is 2.41 bits per heavy atom. The summed E-state index contributed by atoms with van der Waals surface area (Å²) in [6, 6.07) is 11.8. The van der Waals surface area contributed by atoms with Crippen molar-refractivity contribution in [1.82, 2.24) is 10.2 Å². The first-order valence-electron chi connectivity index (χ1n) is 5.33. The minimum absolute atomic E-state index is 0.580. The highest BCUT2D eigenvalue weighted by molar-refractivity contribution is 9.10. The lowest BCUT2D eigenvalue weighted by Crippen LogP contribution is -2.14. The van der Waals surface area contributed by atoms with Crippen LogP contribution >= 0.6 is 15.9 Å². The van der Waals surface area contributed by atoms with Crippen LogP contribution in [0.1, 0.15) is 0 Å². The van der Waals surface area contributed by atoms with E-state index >= 15 is 0 Å². The first kappa shape index (κ1) is 12.0. The van der Waals surface area contributed by atoms with E-state index in [2.05, 4.69) is 31.4 Å². The number of nitrogens with two attached hydrogens (primary N) is 1. The van der Waals surface area contributed by atoms with Gasteiger partial charge in [-0.3, -0.25) is 0 Å². The Hall–Kier alpha value is -1.46. The van der Waals surface area contributed by atoms with Gasteiger partial charge in [0.2, 0.25) is 0 Å². The molecule has 4 nitrogen and oxygen atoms in total. The van der Waals surface area contributed by atoms with Gasteiger partial charge in [0.1, 0.15) is 5.82 Å². The molecule has 2 aromatic rings. The molecule has 3 N–H and O–H groups in total. The van der Waals surface area contributed by atoms with Crippen LogP contribution < -0.4 is 11.1 Å². The van der Waals surface area contributed by atoms with Crippen LogP contribution in [0.5, 0.6) is 0 Å². The highest BCUT2D eigenvalue weighted by Gasteiger charge is 2.00. The molecule has 0 saturated heterocycles. The molecular formula is C12H13BrN4. The average molecular weight is 293 g/mol. The van der Waals surface area contributed by atoms with Crippen molar-refractivity contribution in [2.24, 2.45) is 5.73 Å². The molecule has 0 bridgehead atoms. The predicted octanol–water partition coefficient (Wildman–Crippen LogP) is 2.28. The fourth-order valence-electron chi connectivity index (χ4n) is 1.40. The Balaban J connectivity index is 2.14. The summed E-state index contributed by atoms with van der Waals surface area (Å²) in [5, 5.41) is 11.3. The van der Waals surface area contributed by atoms with Crippen molar-refractivity contribution in [3.63, 3.8) is 0 Å². The molecule has 0 unspecified atom stereocenters. The molecule has 1 aromatic heterocycles. The van der Waals surface area contributed by atoms with Crippen molar-refractivity contribution in [3.8, 4) is 11.3 Å². The topological polar surface area (TPSA) is 63.8 Å². The number of rotatable bonds is 4. The number of benzene rings is 1. The van der Waals surface area contributed by atoms with Gasteiger partial charge in [-0.1, -0.05) is 28.1 Å². The zero-order valence-electron chi connectivity index (χ0n) is 9.23. The molecule has 1 aromatic carbocycles. The second-order valence-corrected chi connectivity index (χ2v) is 4.44. The standard InChI is InChI=1S/C12H13BrN4/c13-10-3-1-9(2-4-10)11-5-6-12(17-16-11)15-8-7-14/h1-6H,7-8,14H2,(H,15,17). The van der Waals surface area contributed by atoms with E-state index in [1.807, 2.05) is 36.4 Å². The van der Waals surface area contributed by atoms with Gasteiger partial charge in [0, 0.05) is 23.1 Å². The first-order valence-corrected chi connectivity index (χ1v) is 6.12. The van der Waals surface area contributed by atoms with Gasteiger partial charge in [-0.2, -0.15) is 0 Å². The monoisotopic (exact) mass is 292 g/mol. The number of halogens is 1. The van der Waals surface area contributed by atoms with Crippen molar-refractivity contribution in [3.05, 3.63) is 40.9 Å². The van der Waals surface area contributed by atoms with Crippen molar-refractivity contribution in [2.75, 3.05) is 18.4 Å². The smallest absolute Gasteiger partial charge is 0.148 e. The van der Waals surface area contributed by atoms with Gasteiger partial charge in [-0.05, 0) is 24.3 Å². The molecule has 0 radical (unpaired) electrons. The van der Waals surface area contributed by atoms with Crippen LogP contribution in [0.15, 0.2) is 40.9 Å². The van der Waals surface area contributed by atoms with Crippen LogP contribution in [-0.2, 0) is 0 Å². The van der Waals surface area contributed by atoms with Crippen molar-refractivity contribution in [1.29, 1.82) is 0 Å². The van der Waals surface area contributed by atoms with E-state index < -0.39 is 0 Å². The summed E-state index contributed by atoms with van der Waals surface area (Å²) in [6.07, 6.45) is 0. The van der Waals surface area contributed by atoms with Gasteiger partial charge in [0.25, 0.3) is 0 Å². The fraction of sp³-hybridized carbons (Fsp3) is 0.167. The van der Waals surface area contributed by atoms with Gasteiger partial charge < -0.3 is 11.1 Å². The SMILES string of the molecule is NCCNc1ccc(-c2ccc(Br)cc2)nn1. The molecule has 2 rings (SSSR count). The van der Waals surface area contributed by atoms with E-state index in [0.29, 0.717) is 13.1 Å². The van der Waals surface area contributed by atoms with E-state index in [4.69, 9.17) is 5.73 Å². The summed E-state index contributed by atoms with van der Waals surface area (Å²) in [5.74, 6) is 0.747. The maximum atomic E-state index is 5.40. The molecule has 0 aliphatic heterocycles. The third-order valence-electron chi connectivity index (χ3n) is 2.25. The number of nitrogens with zero attached hydrogens (tertiary/aromatic N) is 2. The number of aromatic nitrogens is 2. The molecule has 0 atom stereocenters. The maximum absolute atomic E-state index is 5.40. The zero-order valence-corrected chi connectivity index (χ0v) is 10.8. The normalized spacial score (nSPS) is 10.2. The summed E-state index contributed by atoms with van der Waals surface area (Å²) in [6.45, 7) is 1.28. The second-order valence-electron chi connectivity index (χ2n) is 3.53. The molecule has 88 valence electrons. The molecule has 0 spiro atoms. The van der Waals surface area contributed by atoms with Crippen LogP contribution in [0.3, 0.4) is 0 Å². The van der Waals surface area contributed by atoms with Crippen LogP contribution in [0.4, 0.5) is 5.82 Å². The Morgan fingerprint density at radius 1 is 1.06 bits per heavy atom. The maximum Gasteiger partial charge on any atom is 0.148 e. The Labute approximate surface area is 108 Å². The summed E-state index contributed by atoms with van der Waals surface area (Å²) in [5.41, 5.74) is 7.30. The number of nitrogens with one attached hydrogen (secondary N) is 1. The molecule has 1 heterocycles. The Morgan fingerprint density at radius 2 is 1.82 bits per heavy atom. The first-order chi connectivity index (χ1) is 8.29. The third-order valence-corrected chi connectivity index (χ3v) is 2.78. The zero-order chi connectivity index (χ0) is 12.1. The molecule has 5 heteroatoms. The molecule has 0 fully saturated rings. The largest absolute Gasteiger partial charge is 0.367 e. The number of hydrogen-bond donors (Lipinski definition) is 2.